The van der Waals surface area contributed by atoms with Crippen molar-refractivity contribution in [2.75, 3.05) is 13.2 Å². The zero-order valence-electron chi connectivity index (χ0n) is 53.0. The van der Waals surface area contributed by atoms with Gasteiger partial charge in [-0.1, -0.05) is 280 Å². The van der Waals surface area contributed by atoms with E-state index in [1.54, 1.807) is 0 Å². The van der Waals surface area contributed by atoms with Gasteiger partial charge in [0, 0.05) is 0 Å². The fourth-order valence-electron chi connectivity index (χ4n) is 10.9. The van der Waals surface area contributed by atoms with Crippen LogP contribution in [0.25, 0.3) is 0 Å². The summed E-state index contributed by atoms with van der Waals surface area (Å²) in [7, 11) is 0. The number of ether oxygens (including phenoxy) is 2. The minimum absolute atomic E-state index is 0.240. The number of nitrogens with one attached hydrogen (secondary N) is 1. The number of allylic oxidation sites excluding steroid dienone is 10. The van der Waals surface area contributed by atoms with Crippen molar-refractivity contribution < 1.29 is 50.0 Å². The predicted octanol–water partition coefficient (Wildman–Crippen LogP) is 16.5. The molecular weight excluding hydrogens is 1030 g/mol. The first-order valence-electron chi connectivity index (χ1n) is 34.7. The first kappa shape index (κ1) is 77.8. The van der Waals surface area contributed by atoms with E-state index in [0.29, 0.717) is 19.3 Å². The summed E-state index contributed by atoms with van der Waals surface area (Å²) >= 11 is 0. The third kappa shape index (κ3) is 46.1. The molecule has 0 radical (unpaired) electrons. The van der Waals surface area contributed by atoms with E-state index in [0.717, 1.165) is 51.4 Å². The molecule has 1 rings (SSSR count). The molecule has 82 heavy (non-hydrogen) atoms. The van der Waals surface area contributed by atoms with E-state index in [1.165, 1.54) is 218 Å². The Balaban J connectivity index is 2.21. The first-order valence-corrected chi connectivity index (χ1v) is 34.7. The van der Waals surface area contributed by atoms with Crippen molar-refractivity contribution in [3.05, 3.63) is 60.8 Å². The predicted molar refractivity (Wildman–Crippen MR) is 344 cm³/mol. The molecule has 11 nitrogen and oxygen atoms in total. The molecule has 0 bridgehead atoms. The third-order valence-corrected chi connectivity index (χ3v) is 16.5. The van der Waals surface area contributed by atoms with Crippen molar-refractivity contribution in [2.24, 2.45) is 0 Å². The summed E-state index contributed by atoms with van der Waals surface area (Å²) in [6.45, 7) is 3.46. The van der Waals surface area contributed by atoms with Crippen LogP contribution < -0.4 is 5.32 Å². The molecule has 480 valence electrons. The van der Waals surface area contributed by atoms with Gasteiger partial charge in [0.2, 0.25) is 5.91 Å². The maximum atomic E-state index is 13.2. The van der Waals surface area contributed by atoms with Crippen LogP contribution in [0.2, 0.25) is 0 Å². The molecule has 0 saturated carbocycles. The largest absolute Gasteiger partial charge is 0.394 e. The molecule has 1 aliphatic heterocycles. The Kier molecular flexibility index (Phi) is 56.1. The number of aliphatic hydroxyl groups is 7. The number of carbonyl (C=O) groups is 1. The number of hydrogen-bond acceptors (Lipinski definition) is 10. The zero-order valence-corrected chi connectivity index (χ0v) is 53.0. The second-order valence-corrected chi connectivity index (χ2v) is 24.2. The maximum absolute atomic E-state index is 13.2. The Hall–Kier alpha value is -2.19. The Morgan fingerprint density at radius 3 is 1.16 bits per heavy atom. The maximum Gasteiger partial charge on any atom is 0.249 e. The molecule has 1 fully saturated rings. The van der Waals surface area contributed by atoms with Crippen molar-refractivity contribution in [3.63, 3.8) is 0 Å². The van der Waals surface area contributed by atoms with E-state index < -0.39 is 74.2 Å². The lowest BCUT2D eigenvalue weighted by Crippen LogP contribution is -2.60. The fourth-order valence-corrected chi connectivity index (χ4v) is 10.9. The van der Waals surface area contributed by atoms with Crippen LogP contribution in [0, 0.1) is 0 Å². The molecule has 0 aromatic carbocycles. The van der Waals surface area contributed by atoms with Gasteiger partial charge in [-0.25, -0.2) is 0 Å². The minimum atomic E-state index is -1.68. The average Bonchev–Trinajstić information content (AvgIpc) is 3.49. The monoisotopic (exact) mass is 1160 g/mol. The fraction of sp³-hybridized carbons (Fsp3) is 0.845. The summed E-state index contributed by atoms with van der Waals surface area (Å²) in [6, 6.07) is -1.20. The molecule has 0 aromatic rings. The highest BCUT2D eigenvalue weighted by atomic mass is 16.7. The molecule has 8 N–H and O–H groups in total. The van der Waals surface area contributed by atoms with Crippen molar-refractivity contribution >= 4 is 5.91 Å². The molecule has 9 unspecified atom stereocenters. The standard InChI is InChI=1S/C71H131NO10/c1-3-5-7-9-11-13-15-17-19-21-23-25-26-27-28-29-30-31-32-33-34-35-36-37-39-41-43-45-47-49-51-53-55-57-59-64(75)70(80)72-62(61-81-71-69(79)68(78)67(77)65(60-73)82-71)66(76)63(74)58-56-54-52-50-48-46-44-42-40-38-24-22-20-18-16-14-12-10-8-6-4-2/h22,24,26-27,29-30,42,44,50,52,62-69,71,73-79H,3-21,23,25,28,31-41,43,45-49,51,53-61H2,1-2H3,(H,72,80)/b24-22+,27-26-,30-29-,44-42+,52-50+. The summed E-state index contributed by atoms with van der Waals surface area (Å²) in [5.74, 6) is -0.710. The minimum Gasteiger partial charge on any atom is -0.394 e. The van der Waals surface area contributed by atoms with Gasteiger partial charge in [0.25, 0.3) is 0 Å². The number of unbranched alkanes of at least 4 members (excludes halogenated alkanes) is 38. The summed E-state index contributed by atoms with van der Waals surface area (Å²) in [6.07, 6.45) is 67.3. The van der Waals surface area contributed by atoms with Crippen molar-refractivity contribution in [1.29, 1.82) is 0 Å². The smallest absolute Gasteiger partial charge is 0.249 e. The van der Waals surface area contributed by atoms with Gasteiger partial charge >= 0.3 is 0 Å². The molecule has 1 saturated heterocycles. The molecule has 0 aromatic heterocycles. The lowest BCUT2D eigenvalue weighted by Gasteiger charge is -2.40. The van der Waals surface area contributed by atoms with E-state index in [-0.39, 0.29) is 12.8 Å². The Bertz CT molecular complexity index is 1520. The summed E-state index contributed by atoms with van der Waals surface area (Å²) in [4.78, 5) is 13.2. The van der Waals surface area contributed by atoms with Crippen LogP contribution in [0.5, 0.6) is 0 Å². The van der Waals surface area contributed by atoms with Gasteiger partial charge in [0.1, 0.15) is 36.6 Å². The Morgan fingerprint density at radius 2 is 0.768 bits per heavy atom. The lowest BCUT2D eigenvalue weighted by atomic mass is 9.98. The van der Waals surface area contributed by atoms with Crippen LogP contribution in [-0.4, -0.2) is 110 Å². The lowest BCUT2D eigenvalue weighted by molar-refractivity contribution is -0.303. The number of carbonyl (C=O) groups excluding carboxylic acids is 1. The SMILES string of the molecule is CCCCCCCCCC/C=C/CC/C=C/CC/C=C/CCCC(O)C(O)C(COC1OC(CO)C(O)C(O)C1O)NC(=O)C(O)CCCCCCCCCCCCCCCCCC/C=C\C/C=C\CCCCCCCCCCCCC. The summed E-state index contributed by atoms with van der Waals surface area (Å²) in [5.41, 5.74) is 0. The van der Waals surface area contributed by atoms with Crippen LogP contribution in [0.4, 0.5) is 0 Å². The number of rotatable bonds is 60. The zero-order chi connectivity index (χ0) is 59.6. The molecule has 11 heteroatoms. The highest BCUT2D eigenvalue weighted by Gasteiger charge is 2.44. The molecular formula is C71H131NO10. The highest BCUT2D eigenvalue weighted by molar-refractivity contribution is 5.80. The third-order valence-electron chi connectivity index (χ3n) is 16.5. The second kappa shape index (κ2) is 59.2. The molecule has 0 aliphatic carbocycles. The first-order chi connectivity index (χ1) is 40.2. The van der Waals surface area contributed by atoms with Crippen molar-refractivity contribution in [1.82, 2.24) is 5.32 Å². The van der Waals surface area contributed by atoms with Gasteiger partial charge in [-0.2, -0.15) is 0 Å². The van der Waals surface area contributed by atoms with Gasteiger partial charge in [-0.05, 0) is 96.3 Å². The molecule has 1 aliphatic rings. The summed E-state index contributed by atoms with van der Waals surface area (Å²) < 4.78 is 11.2. The number of hydrogen-bond donors (Lipinski definition) is 8. The van der Waals surface area contributed by atoms with Crippen molar-refractivity contribution in [2.45, 2.75) is 371 Å². The van der Waals surface area contributed by atoms with Crippen LogP contribution in [0.1, 0.15) is 316 Å². The molecule has 0 spiro atoms. The van der Waals surface area contributed by atoms with Gasteiger partial charge in [0.15, 0.2) is 6.29 Å². The van der Waals surface area contributed by atoms with Gasteiger partial charge in [-0.15, -0.1) is 0 Å². The van der Waals surface area contributed by atoms with E-state index in [9.17, 15) is 40.5 Å². The second-order valence-electron chi connectivity index (χ2n) is 24.2. The molecule has 1 amide bonds. The van der Waals surface area contributed by atoms with Crippen LogP contribution in [0.3, 0.4) is 0 Å². The Morgan fingerprint density at radius 1 is 0.427 bits per heavy atom. The van der Waals surface area contributed by atoms with Gasteiger partial charge in [-0.3, -0.25) is 4.79 Å². The quantitative estimate of drug-likeness (QED) is 0.0215. The topological polar surface area (TPSA) is 189 Å². The summed E-state index contributed by atoms with van der Waals surface area (Å²) in [5, 5.41) is 76.4. The van der Waals surface area contributed by atoms with Crippen molar-refractivity contribution in [3.8, 4) is 0 Å². The van der Waals surface area contributed by atoms with E-state index in [2.05, 4.69) is 79.9 Å². The normalized spacial score (nSPS) is 19.5. The number of aliphatic hydroxyl groups excluding tert-OH is 7. The van der Waals surface area contributed by atoms with Crippen LogP contribution >= 0.6 is 0 Å². The van der Waals surface area contributed by atoms with E-state index in [1.807, 2.05) is 0 Å². The molecule has 1 heterocycles. The highest BCUT2D eigenvalue weighted by Crippen LogP contribution is 2.24. The number of amides is 1. The Labute approximate surface area is 503 Å². The molecule has 9 atom stereocenters. The average molecular weight is 1160 g/mol. The van der Waals surface area contributed by atoms with Gasteiger partial charge < -0.3 is 50.5 Å². The van der Waals surface area contributed by atoms with E-state index in [4.69, 9.17) is 9.47 Å². The van der Waals surface area contributed by atoms with Crippen LogP contribution in [0.15, 0.2) is 60.8 Å². The van der Waals surface area contributed by atoms with Crippen LogP contribution in [-0.2, 0) is 14.3 Å². The van der Waals surface area contributed by atoms with E-state index >= 15 is 0 Å². The van der Waals surface area contributed by atoms with Gasteiger partial charge in [0.05, 0.1) is 25.4 Å².